The molecule has 0 bridgehead atoms. The van der Waals surface area contributed by atoms with Crippen LogP contribution in [0.5, 0.6) is 5.88 Å². The van der Waals surface area contributed by atoms with Crippen molar-refractivity contribution in [3.8, 4) is 5.88 Å². The first-order chi connectivity index (χ1) is 7.22. The highest BCUT2D eigenvalue weighted by Crippen LogP contribution is 2.26. The summed E-state index contributed by atoms with van der Waals surface area (Å²) in [6.07, 6.45) is 0. The molecule has 0 saturated heterocycles. The zero-order valence-electron chi connectivity index (χ0n) is 8.40. The minimum atomic E-state index is 0.457. The molecule has 0 spiro atoms. The van der Waals surface area contributed by atoms with Crippen molar-refractivity contribution in [2.24, 2.45) is 12.8 Å². The largest absolute Gasteiger partial charge is 0.475 e. The van der Waals surface area contributed by atoms with Gasteiger partial charge >= 0.3 is 0 Å². The highest BCUT2D eigenvalue weighted by atomic mass is 35.5. The summed E-state index contributed by atoms with van der Waals surface area (Å²) < 4.78 is 7.19. The van der Waals surface area contributed by atoms with Crippen LogP contribution in [-0.4, -0.2) is 22.9 Å². The number of benzene rings is 1. The third-order valence-corrected chi connectivity index (χ3v) is 2.37. The molecule has 4 nitrogen and oxygen atoms in total. The van der Waals surface area contributed by atoms with E-state index in [1.54, 1.807) is 4.68 Å². The molecule has 80 valence electrons. The Hall–Kier alpha value is -1.26. The molecule has 0 radical (unpaired) electrons. The number of ether oxygens (including phenoxy) is 1. The van der Waals surface area contributed by atoms with E-state index >= 15 is 0 Å². The number of nitrogens with two attached hydrogens (primary N) is 1. The quantitative estimate of drug-likeness (QED) is 0.863. The lowest BCUT2D eigenvalue weighted by Gasteiger charge is -1.99. The second-order valence-corrected chi connectivity index (χ2v) is 3.66. The summed E-state index contributed by atoms with van der Waals surface area (Å²) >= 11 is 5.92. The monoisotopic (exact) mass is 225 g/mol. The Morgan fingerprint density at radius 1 is 1.53 bits per heavy atom. The van der Waals surface area contributed by atoms with Crippen LogP contribution in [-0.2, 0) is 7.05 Å². The van der Waals surface area contributed by atoms with Gasteiger partial charge in [-0.3, -0.25) is 4.68 Å². The standard InChI is InChI=1S/C10H12ClN3O/c1-14-9-3-2-7(11)6-8(9)10(13-14)15-5-4-12/h2-3,6H,4-5,12H2,1H3. The molecule has 2 rings (SSSR count). The molecule has 0 saturated carbocycles. The summed E-state index contributed by atoms with van der Waals surface area (Å²) in [5, 5.41) is 5.84. The first-order valence-corrected chi connectivity index (χ1v) is 5.05. The topological polar surface area (TPSA) is 53.1 Å². The fraction of sp³-hybridized carbons (Fsp3) is 0.300. The van der Waals surface area contributed by atoms with Gasteiger partial charge in [-0.1, -0.05) is 11.6 Å². The van der Waals surface area contributed by atoms with E-state index in [4.69, 9.17) is 22.1 Å². The van der Waals surface area contributed by atoms with Crippen molar-refractivity contribution in [3.63, 3.8) is 0 Å². The van der Waals surface area contributed by atoms with Gasteiger partial charge in [-0.15, -0.1) is 5.10 Å². The maximum atomic E-state index is 5.92. The second kappa shape index (κ2) is 4.08. The predicted molar refractivity (Wildman–Crippen MR) is 60.3 cm³/mol. The van der Waals surface area contributed by atoms with Crippen molar-refractivity contribution >= 4 is 22.5 Å². The van der Waals surface area contributed by atoms with Gasteiger partial charge in [0, 0.05) is 18.6 Å². The molecule has 0 aliphatic heterocycles. The van der Waals surface area contributed by atoms with Gasteiger partial charge in [0.1, 0.15) is 6.61 Å². The smallest absolute Gasteiger partial charge is 0.240 e. The van der Waals surface area contributed by atoms with Crippen molar-refractivity contribution in [2.45, 2.75) is 0 Å². The van der Waals surface area contributed by atoms with Gasteiger partial charge in [0.25, 0.3) is 0 Å². The molecule has 2 N–H and O–H groups in total. The van der Waals surface area contributed by atoms with E-state index in [9.17, 15) is 0 Å². The van der Waals surface area contributed by atoms with Crippen molar-refractivity contribution in [1.29, 1.82) is 0 Å². The number of nitrogens with zero attached hydrogens (tertiary/aromatic N) is 2. The Labute approximate surface area is 92.6 Å². The van der Waals surface area contributed by atoms with E-state index in [-0.39, 0.29) is 0 Å². The molecule has 0 aliphatic rings. The summed E-state index contributed by atoms with van der Waals surface area (Å²) in [6.45, 7) is 0.928. The highest BCUT2D eigenvalue weighted by molar-refractivity contribution is 6.31. The fourth-order valence-electron chi connectivity index (χ4n) is 1.47. The summed E-state index contributed by atoms with van der Waals surface area (Å²) in [4.78, 5) is 0. The van der Waals surface area contributed by atoms with E-state index in [2.05, 4.69) is 5.10 Å². The summed E-state index contributed by atoms with van der Waals surface area (Å²) in [5.74, 6) is 0.584. The van der Waals surface area contributed by atoms with E-state index in [1.807, 2.05) is 25.2 Å². The zero-order valence-corrected chi connectivity index (χ0v) is 9.16. The Balaban J connectivity index is 2.49. The van der Waals surface area contributed by atoms with Crippen LogP contribution in [0, 0.1) is 0 Å². The molecule has 0 unspecified atom stereocenters. The summed E-state index contributed by atoms with van der Waals surface area (Å²) in [6, 6.07) is 5.59. The van der Waals surface area contributed by atoms with E-state index in [1.165, 1.54) is 0 Å². The number of hydrogen-bond acceptors (Lipinski definition) is 3. The number of fused-ring (bicyclic) bond motifs is 1. The first-order valence-electron chi connectivity index (χ1n) is 4.67. The van der Waals surface area contributed by atoms with E-state index in [0.717, 1.165) is 10.9 Å². The SMILES string of the molecule is Cn1nc(OCCN)c2cc(Cl)ccc21. The predicted octanol–water partition coefficient (Wildman–Crippen LogP) is 1.56. The minimum Gasteiger partial charge on any atom is -0.475 e. The number of rotatable bonds is 3. The van der Waals surface area contributed by atoms with Gasteiger partial charge in [0.05, 0.1) is 10.9 Å². The normalized spacial score (nSPS) is 10.9. The van der Waals surface area contributed by atoms with Crippen molar-refractivity contribution in [2.75, 3.05) is 13.2 Å². The molecule has 1 aromatic carbocycles. The summed E-state index contributed by atoms with van der Waals surface area (Å²) in [7, 11) is 1.87. The van der Waals surface area contributed by atoms with Gasteiger partial charge in [-0.2, -0.15) is 0 Å². The van der Waals surface area contributed by atoms with Crippen LogP contribution >= 0.6 is 11.6 Å². The molecule has 1 aromatic heterocycles. The average Bonchev–Trinajstić information content (AvgIpc) is 2.52. The molecule has 0 atom stereocenters. The lowest BCUT2D eigenvalue weighted by Crippen LogP contribution is -2.11. The van der Waals surface area contributed by atoms with Crippen LogP contribution in [0.15, 0.2) is 18.2 Å². The van der Waals surface area contributed by atoms with Gasteiger partial charge in [-0.05, 0) is 18.2 Å². The molecule has 5 heteroatoms. The van der Waals surface area contributed by atoms with Crippen LogP contribution < -0.4 is 10.5 Å². The Morgan fingerprint density at radius 3 is 3.07 bits per heavy atom. The maximum Gasteiger partial charge on any atom is 0.240 e. The minimum absolute atomic E-state index is 0.457. The number of aryl methyl sites for hydroxylation is 1. The zero-order chi connectivity index (χ0) is 10.8. The number of aromatic nitrogens is 2. The van der Waals surface area contributed by atoms with Crippen LogP contribution in [0.1, 0.15) is 0 Å². The van der Waals surface area contributed by atoms with Gasteiger partial charge in [0.2, 0.25) is 5.88 Å². The molecule has 2 aromatic rings. The van der Waals surface area contributed by atoms with Crippen molar-refractivity contribution in [3.05, 3.63) is 23.2 Å². The number of halogens is 1. The summed E-state index contributed by atoms with van der Waals surface area (Å²) in [5.41, 5.74) is 6.36. The van der Waals surface area contributed by atoms with Gasteiger partial charge < -0.3 is 10.5 Å². The highest BCUT2D eigenvalue weighted by Gasteiger charge is 2.09. The van der Waals surface area contributed by atoms with Gasteiger partial charge in [0.15, 0.2) is 0 Å². The van der Waals surface area contributed by atoms with Crippen LogP contribution in [0.3, 0.4) is 0 Å². The third kappa shape index (κ3) is 1.91. The van der Waals surface area contributed by atoms with Crippen molar-refractivity contribution in [1.82, 2.24) is 9.78 Å². The van der Waals surface area contributed by atoms with Gasteiger partial charge in [-0.25, -0.2) is 0 Å². The van der Waals surface area contributed by atoms with Crippen LogP contribution in [0.2, 0.25) is 5.02 Å². The Kier molecular flexibility index (Phi) is 2.79. The fourth-order valence-corrected chi connectivity index (χ4v) is 1.64. The first kappa shape index (κ1) is 10.3. The molecular formula is C10H12ClN3O. The molecule has 1 heterocycles. The maximum absolute atomic E-state index is 5.92. The lowest BCUT2D eigenvalue weighted by molar-refractivity contribution is 0.315. The molecule has 0 aliphatic carbocycles. The van der Waals surface area contributed by atoms with E-state index in [0.29, 0.717) is 24.1 Å². The number of hydrogen-bond donors (Lipinski definition) is 1. The van der Waals surface area contributed by atoms with Crippen LogP contribution in [0.25, 0.3) is 10.9 Å². The van der Waals surface area contributed by atoms with Crippen LogP contribution in [0.4, 0.5) is 0 Å². The molecule has 0 amide bonds. The van der Waals surface area contributed by atoms with Crippen molar-refractivity contribution < 1.29 is 4.74 Å². The lowest BCUT2D eigenvalue weighted by atomic mass is 10.2. The Morgan fingerprint density at radius 2 is 2.33 bits per heavy atom. The van der Waals surface area contributed by atoms with E-state index < -0.39 is 0 Å². The Bertz CT molecular complexity index is 481. The molecule has 15 heavy (non-hydrogen) atoms. The molecular weight excluding hydrogens is 214 g/mol. The molecule has 0 fully saturated rings. The second-order valence-electron chi connectivity index (χ2n) is 3.23. The average molecular weight is 226 g/mol. The third-order valence-electron chi connectivity index (χ3n) is 2.14.